The highest BCUT2D eigenvalue weighted by Gasteiger charge is 2.33. The van der Waals surface area contributed by atoms with Gasteiger partial charge in [0.2, 0.25) is 5.91 Å². The number of aromatic nitrogens is 3. The van der Waals surface area contributed by atoms with Crippen LogP contribution < -0.4 is 15.8 Å². The summed E-state index contributed by atoms with van der Waals surface area (Å²) < 4.78 is 0. The molecule has 1 fully saturated rings. The van der Waals surface area contributed by atoms with E-state index in [4.69, 9.17) is 9.97 Å². The average Bonchev–Trinajstić information content (AvgIpc) is 3.13. The Labute approximate surface area is 159 Å². The van der Waals surface area contributed by atoms with Gasteiger partial charge in [-0.05, 0) is 31.9 Å². The fourth-order valence-electron chi connectivity index (χ4n) is 3.70. The molecule has 142 valence electrons. The molecule has 0 bridgehead atoms. The Morgan fingerprint density at radius 1 is 1.22 bits per heavy atom. The van der Waals surface area contributed by atoms with E-state index in [-0.39, 0.29) is 11.9 Å². The number of pyridine rings is 1. The molecule has 2 aliphatic rings. The zero-order chi connectivity index (χ0) is 19.0. The van der Waals surface area contributed by atoms with Crippen molar-refractivity contribution in [2.24, 2.45) is 0 Å². The van der Waals surface area contributed by atoms with Gasteiger partial charge >= 0.3 is 0 Å². The van der Waals surface area contributed by atoms with Crippen LogP contribution in [0.4, 0.5) is 5.82 Å². The molecule has 2 atom stereocenters. The second kappa shape index (κ2) is 7.21. The largest absolute Gasteiger partial charge is 0.362 e. The Morgan fingerprint density at radius 2 is 2.00 bits per heavy atom. The monoisotopic (exact) mass is 367 g/mol. The van der Waals surface area contributed by atoms with Gasteiger partial charge in [0.05, 0.1) is 12.2 Å². The van der Waals surface area contributed by atoms with Gasteiger partial charge in [0.1, 0.15) is 11.9 Å². The first kappa shape index (κ1) is 17.8. The van der Waals surface area contributed by atoms with Crippen molar-refractivity contribution in [3.8, 4) is 11.4 Å². The molecule has 0 spiro atoms. The lowest BCUT2D eigenvalue weighted by molar-refractivity contribution is -0.134. The van der Waals surface area contributed by atoms with Crippen molar-refractivity contribution in [3.63, 3.8) is 0 Å². The number of nitrogens with zero attached hydrogens (tertiary/aromatic N) is 5. The Kier molecular flexibility index (Phi) is 4.75. The van der Waals surface area contributed by atoms with Crippen LogP contribution in [0.1, 0.15) is 24.6 Å². The molecule has 2 unspecified atom stereocenters. The number of hydrogen-bond acceptors (Lipinski definition) is 7. The number of rotatable bonds is 3. The van der Waals surface area contributed by atoms with Crippen LogP contribution in [0, 0.1) is 0 Å². The van der Waals surface area contributed by atoms with E-state index in [2.05, 4.69) is 22.8 Å². The van der Waals surface area contributed by atoms with Gasteiger partial charge in [-0.1, -0.05) is 0 Å². The van der Waals surface area contributed by atoms with Gasteiger partial charge in [0.25, 0.3) is 0 Å². The van der Waals surface area contributed by atoms with Crippen LogP contribution in [0.15, 0.2) is 24.5 Å². The molecule has 1 saturated heterocycles. The number of hydrazine groups is 1. The van der Waals surface area contributed by atoms with E-state index in [1.807, 2.05) is 36.0 Å². The molecule has 4 rings (SSSR count). The smallest absolute Gasteiger partial charge is 0.241 e. The summed E-state index contributed by atoms with van der Waals surface area (Å²) in [5.74, 6) is 1.73. The number of amides is 1. The fraction of sp³-hybridized carbons (Fsp3) is 0.474. The summed E-state index contributed by atoms with van der Waals surface area (Å²) in [6, 6.07) is 3.94. The van der Waals surface area contributed by atoms with Crippen molar-refractivity contribution in [2.45, 2.75) is 38.4 Å². The number of nitrogens with one attached hydrogen (secondary N) is 2. The van der Waals surface area contributed by atoms with Gasteiger partial charge in [-0.15, -0.1) is 0 Å². The second-order valence-corrected chi connectivity index (χ2v) is 7.41. The SMILES string of the molecule is CC1CC(C(=O)N2CCc3c(nc(-c4ccncc4)nc3N(C)C)C2)NN1. The maximum Gasteiger partial charge on any atom is 0.241 e. The van der Waals surface area contributed by atoms with E-state index in [0.717, 1.165) is 35.5 Å². The lowest BCUT2D eigenvalue weighted by Gasteiger charge is -2.32. The van der Waals surface area contributed by atoms with Crippen LogP contribution in [-0.2, 0) is 17.8 Å². The third kappa shape index (κ3) is 3.50. The molecule has 27 heavy (non-hydrogen) atoms. The van der Waals surface area contributed by atoms with Crippen molar-refractivity contribution < 1.29 is 4.79 Å². The predicted octanol–water partition coefficient (Wildman–Crippen LogP) is 0.744. The van der Waals surface area contributed by atoms with Crippen LogP contribution >= 0.6 is 0 Å². The maximum atomic E-state index is 12.9. The minimum absolute atomic E-state index is 0.132. The molecule has 8 nitrogen and oxygen atoms in total. The third-order valence-electron chi connectivity index (χ3n) is 5.11. The molecule has 0 radical (unpaired) electrons. The van der Waals surface area contributed by atoms with Crippen LogP contribution in [0.25, 0.3) is 11.4 Å². The van der Waals surface area contributed by atoms with Crippen molar-refractivity contribution in [2.75, 3.05) is 25.5 Å². The molecule has 2 aromatic rings. The number of anilines is 1. The summed E-state index contributed by atoms with van der Waals surface area (Å²) in [7, 11) is 3.98. The first-order chi connectivity index (χ1) is 13.0. The van der Waals surface area contributed by atoms with Crippen LogP contribution in [0.2, 0.25) is 0 Å². The van der Waals surface area contributed by atoms with Crippen molar-refractivity contribution in [1.82, 2.24) is 30.7 Å². The molecule has 1 amide bonds. The third-order valence-corrected chi connectivity index (χ3v) is 5.11. The van der Waals surface area contributed by atoms with Crippen molar-refractivity contribution >= 4 is 11.7 Å². The Hall–Kier alpha value is -2.58. The highest BCUT2D eigenvalue weighted by atomic mass is 16.2. The van der Waals surface area contributed by atoms with E-state index in [9.17, 15) is 4.79 Å². The molecule has 0 aromatic carbocycles. The van der Waals surface area contributed by atoms with E-state index in [1.165, 1.54) is 0 Å². The molecule has 0 aliphatic carbocycles. The summed E-state index contributed by atoms with van der Waals surface area (Å²) in [6.07, 6.45) is 5.05. The van der Waals surface area contributed by atoms with Gasteiger partial charge in [-0.2, -0.15) is 0 Å². The predicted molar refractivity (Wildman–Crippen MR) is 103 cm³/mol. The summed E-state index contributed by atoms with van der Waals surface area (Å²) in [5, 5.41) is 0. The van der Waals surface area contributed by atoms with Crippen LogP contribution in [0.3, 0.4) is 0 Å². The van der Waals surface area contributed by atoms with Gasteiger partial charge in [0, 0.05) is 50.2 Å². The van der Waals surface area contributed by atoms with Gasteiger partial charge in [0.15, 0.2) is 5.82 Å². The number of hydrogen-bond donors (Lipinski definition) is 2. The average molecular weight is 367 g/mol. The van der Waals surface area contributed by atoms with E-state index in [1.54, 1.807) is 12.4 Å². The molecule has 8 heteroatoms. The molecule has 2 aromatic heterocycles. The lowest BCUT2D eigenvalue weighted by Crippen LogP contribution is -2.47. The van der Waals surface area contributed by atoms with E-state index >= 15 is 0 Å². The first-order valence-electron chi connectivity index (χ1n) is 9.30. The molecular weight excluding hydrogens is 342 g/mol. The highest BCUT2D eigenvalue weighted by molar-refractivity contribution is 5.82. The van der Waals surface area contributed by atoms with E-state index < -0.39 is 0 Å². The molecule has 0 saturated carbocycles. The van der Waals surface area contributed by atoms with Gasteiger partial charge < -0.3 is 9.80 Å². The van der Waals surface area contributed by atoms with Crippen molar-refractivity contribution in [3.05, 3.63) is 35.8 Å². The second-order valence-electron chi connectivity index (χ2n) is 7.41. The summed E-state index contributed by atoms with van der Waals surface area (Å²) in [4.78, 5) is 30.5. The fourth-order valence-corrected chi connectivity index (χ4v) is 3.70. The molecular formula is C19H25N7O. The van der Waals surface area contributed by atoms with Gasteiger partial charge in [-0.3, -0.25) is 15.2 Å². The number of fused-ring (bicyclic) bond motifs is 1. The zero-order valence-corrected chi connectivity index (χ0v) is 15.9. The number of carbonyl (C=O) groups excluding carboxylic acids is 1. The topological polar surface area (TPSA) is 86.3 Å². The highest BCUT2D eigenvalue weighted by Crippen LogP contribution is 2.29. The minimum Gasteiger partial charge on any atom is -0.362 e. The lowest BCUT2D eigenvalue weighted by atomic mass is 10.0. The molecule has 2 aliphatic heterocycles. The normalized spacial score (nSPS) is 21.8. The van der Waals surface area contributed by atoms with E-state index in [0.29, 0.717) is 25.0 Å². The minimum atomic E-state index is -0.170. The molecule has 4 heterocycles. The molecule has 2 N–H and O–H groups in total. The number of carbonyl (C=O) groups is 1. The van der Waals surface area contributed by atoms with Crippen molar-refractivity contribution in [1.29, 1.82) is 0 Å². The van der Waals surface area contributed by atoms with Crippen LogP contribution in [-0.4, -0.2) is 58.5 Å². The quantitative estimate of drug-likeness (QED) is 0.828. The first-order valence-corrected chi connectivity index (χ1v) is 9.30. The summed E-state index contributed by atoms with van der Waals surface area (Å²) in [6.45, 7) is 3.28. The Morgan fingerprint density at radius 3 is 2.67 bits per heavy atom. The zero-order valence-electron chi connectivity index (χ0n) is 15.9. The van der Waals surface area contributed by atoms with Gasteiger partial charge in [-0.25, -0.2) is 15.4 Å². The Balaban J connectivity index is 1.65. The standard InChI is InChI=1S/C19H25N7O/c1-12-10-15(24-23-12)19(27)26-9-6-14-16(11-26)21-17(22-18(14)25(2)3)13-4-7-20-8-5-13/h4-5,7-8,12,15,23-24H,6,9-11H2,1-3H3. The summed E-state index contributed by atoms with van der Waals surface area (Å²) >= 11 is 0. The maximum absolute atomic E-state index is 12.9. The summed E-state index contributed by atoms with van der Waals surface area (Å²) in [5.41, 5.74) is 9.22. The Bertz CT molecular complexity index is 839. The van der Waals surface area contributed by atoms with Crippen LogP contribution in [0.5, 0.6) is 0 Å².